The SMILES string of the molecule is CCCCOc1ccc(C(=O)Nc2nnc(SCC(=O)NCc3ccccc3Cl)s2)cc1. The van der Waals surface area contributed by atoms with Gasteiger partial charge >= 0.3 is 0 Å². The van der Waals surface area contributed by atoms with Crippen LogP contribution in [-0.2, 0) is 11.3 Å². The number of nitrogens with one attached hydrogen (secondary N) is 2. The zero-order valence-electron chi connectivity index (χ0n) is 17.5. The number of amides is 2. The van der Waals surface area contributed by atoms with Gasteiger partial charge in [0.1, 0.15) is 5.75 Å². The molecule has 3 rings (SSSR count). The molecule has 10 heteroatoms. The molecule has 1 heterocycles. The Labute approximate surface area is 199 Å². The number of unbranched alkanes of at least 4 members (excludes halogenated alkanes) is 1. The highest BCUT2D eigenvalue weighted by Crippen LogP contribution is 2.26. The van der Waals surface area contributed by atoms with E-state index in [0.29, 0.717) is 33.2 Å². The summed E-state index contributed by atoms with van der Waals surface area (Å²) >= 11 is 8.56. The van der Waals surface area contributed by atoms with Gasteiger partial charge in [-0.1, -0.05) is 66.2 Å². The Hall–Kier alpha value is -2.62. The van der Waals surface area contributed by atoms with E-state index in [-0.39, 0.29) is 17.6 Å². The average molecular weight is 491 g/mol. The largest absolute Gasteiger partial charge is 0.494 e. The summed E-state index contributed by atoms with van der Waals surface area (Å²) in [4.78, 5) is 24.5. The van der Waals surface area contributed by atoms with Crippen LogP contribution in [0.4, 0.5) is 5.13 Å². The molecule has 0 bridgehead atoms. The Bertz CT molecular complexity index is 1040. The van der Waals surface area contributed by atoms with Crippen molar-refractivity contribution in [2.24, 2.45) is 0 Å². The molecule has 3 aromatic rings. The lowest BCUT2D eigenvalue weighted by Gasteiger charge is -2.06. The van der Waals surface area contributed by atoms with Crippen LogP contribution in [0.3, 0.4) is 0 Å². The number of benzene rings is 2. The standard InChI is InChI=1S/C22H23ClN4O3S2/c1-2-3-12-30-17-10-8-15(9-11-17)20(29)25-21-26-27-22(32-21)31-14-19(28)24-13-16-6-4-5-7-18(16)23/h4-11H,2-3,12-14H2,1H3,(H,24,28)(H,25,26,29). The van der Waals surface area contributed by atoms with Crippen LogP contribution in [0.25, 0.3) is 0 Å². The summed E-state index contributed by atoms with van der Waals surface area (Å²) in [5.74, 6) is 0.497. The van der Waals surface area contributed by atoms with Crippen molar-refractivity contribution in [2.75, 3.05) is 17.7 Å². The van der Waals surface area contributed by atoms with Gasteiger partial charge in [0.15, 0.2) is 4.34 Å². The third-order valence-electron chi connectivity index (χ3n) is 4.27. The minimum Gasteiger partial charge on any atom is -0.494 e. The monoisotopic (exact) mass is 490 g/mol. The van der Waals surface area contributed by atoms with Crippen molar-refractivity contribution in [2.45, 2.75) is 30.6 Å². The number of aromatic nitrogens is 2. The number of nitrogens with zero attached hydrogens (tertiary/aromatic N) is 2. The highest BCUT2D eigenvalue weighted by atomic mass is 35.5. The molecule has 0 unspecified atom stereocenters. The summed E-state index contributed by atoms with van der Waals surface area (Å²) in [6.07, 6.45) is 2.05. The van der Waals surface area contributed by atoms with E-state index in [1.807, 2.05) is 18.2 Å². The molecule has 0 aliphatic carbocycles. The third-order valence-corrected chi connectivity index (χ3v) is 6.61. The topological polar surface area (TPSA) is 93.2 Å². The molecule has 0 atom stereocenters. The zero-order valence-corrected chi connectivity index (χ0v) is 19.9. The minimum absolute atomic E-state index is 0.142. The molecule has 0 fully saturated rings. The molecule has 0 aliphatic heterocycles. The second kappa shape index (κ2) is 12.4. The Balaban J connectivity index is 1.43. The fraction of sp³-hybridized carbons (Fsp3) is 0.273. The Morgan fingerprint density at radius 2 is 1.91 bits per heavy atom. The van der Waals surface area contributed by atoms with E-state index in [1.165, 1.54) is 23.1 Å². The molecule has 2 aromatic carbocycles. The summed E-state index contributed by atoms with van der Waals surface area (Å²) in [7, 11) is 0. The number of anilines is 1. The van der Waals surface area contributed by atoms with Crippen LogP contribution in [0, 0.1) is 0 Å². The van der Waals surface area contributed by atoms with Gasteiger partial charge in [-0.2, -0.15) is 0 Å². The predicted molar refractivity (Wildman–Crippen MR) is 129 cm³/mol. The van der Waals surface area contributed by atoms with Gasteiger partial charge in [-0.05, 0) is 42.3 Å². The van der Waals surface area contributed by atoms with Crippen LogP contribution in [0.5, 0.6) is 5.75 Å². The van der Waals surface area contributed by atoms with E-state index >= 15 is 0 Å². The second-order valence-corrected chi connectivity index (χ2v) is 9.32. The van der Waals surface area contributed by atoms with Crippen molar-refractivity contribution >= 4 is 51.6 Å². The lowest BCUT2D eigenvalue weighted by atomic mass is 10.2. The van der Waals surface area contributed by atoms with Crippen LogP contribution in [0.1, 0.15) is 35.7 Å². The molecule has 1 aromatic heterocycles. The number of thioether (sulfide) groups is 1. The maximum atomic E-state index is 12.4. The maximum absolute atomic E-state index is 12.4. The quantitative estimate of drug-likeness (QED) is 0.222. The Kier molecular flexibility index (Phi) is 9.33. The number of hydrogen-bond acceptors (Lipinski definition) is 7. The number of ether oxygens (including phenoxy) is 1. The first-order valence-electron chi connectivity index (χ1n) is 10.1. The third kappa shape index (κ3) is 7.51. The van der Waals surface area contributed by atoms with Gasteiger partial charge in [0.2, 0.25) is 11.0 Å². The van der Waals surface area contributed by atoms with Gasteiger partial charge in [-0.3, -0.25) is 14.9 Å². The number of rotatable bonds is 11. The van der Waals surface area contributed by atoms with E-state index in [0.717, 1.165) is 24.2 Å². The smallest absolute Gasteiger partial charge is 0.257 e. The van der Waals surface area contributed by atoms with Crippen molar-refractivity contribution in [1.29, 1.82) is 0 Å². The fourth-order valence-electron chi connectivity index (χ4n) is 2.54. The molecule has 32 heavy (non-hydrogen) atoms. The van der Waals surface area contributed by atoms with Crippen molar-refractivity contribution in [1.82, 2.24) is 15.5 Å². The van der Waals surface area contributed by atoms with Crippen molar-refractivity contribution in [3.05, 3.63) is 64.7 Å². The Morgan fingerprint density at radius 1 is 1.12 bits per heavy atom. The molecular formula is C22H23ClN4O3S2. The van der Waals surface area contributed by atoms with E-state index in [2.05, 4.69) is 27.8 Å². The molecule has 168 valence electrons. The predicted octanol–water partition coefficient (Wildman–Crippen LogP) is 5.03. The summed E-state index contributed by atoms with van der Waals surface area (Å²) in [5, 5.41) is 14.5. The molecular weight excluding hydrogens is 468 g/mol. The number of carbonyl (C=O) groups excluding carboxylic acids is 2. The molecule has 0 saturated carbocycles. The second-order valence-electron chi connectivity index (χ2n) is 6.71. The summed E-state index contributed by atoms with van der Waals surface area (Å²) in [6.45, 7) is 3.12. The van der Waals surface area contributed by atoms with Gasteiger partial charge < -0.3 is 10.1 Å². The van der Waals surface area contributed by atoms with Crippen molar-refractivity contribution in [3.8, 4) is 5.75 Å². The van der Waals surface area contributed by atoms with E-state index in [1.54, 1.807) is 30.3 Å². The normalized spacial score (nSPS) is 10.6. The highest BCUT2D eigenvalue weighted by molar-refractivity contribution is 8.01. The Morgan fingerprint density at radius 3 is 2.66 bits per heavy atom. The van der Waals surface area contributed by atoms with Gasteiger partial charge in [-0.25, -0.2) is 0 Å². The van der Waals surface area contributed by atoms with E-state index < -0.39 is 0 Å². The lowest BCUT2D eigenvalue weighted by molar-refractivity contribution is -0.118. The summed E-state index contributed by atoms with van der Waals surface area (Å²) < 4.78 is 6.19. The molecule has 0 radical (unpaired) electrons. The highest BCUT2D eigenvalue weighted by Gasteiger charge is 2.12. The number of hydrogen-bond donors (Lipinski definition) is 2. The molecule has 0 spiro atoms. The summed E-state index contributed by atoms with van der Waals surface area (Å²) in [5.41, 5.74) is 1.35. The molecule has 2 N–H and O–H groups in total. The fourth-order valence-corrected chi connectivity index (χ4v) is 4.32. The van der Waals surface area contributed by atoms with Gasteiger partial charge in [0, 0.05) is 17.1 Å². The minimum atomic E-state index is -0.282. The van der Waals surface area contributed by atoms with Crippen LogP contribution in [0.15, 0.2) is 52.9 Å². The first-order valence-corrected chi connectivity index (χ1v) is 12.2. The van der Waals surface area contributed by atoms with Crippen molar-refractivity contribution < 1.29 is 14.3 Å². The van der Waals surface area contributed by atoms with Gasteiger partial charge in [0.05, 0.1) is 12.4 Å². The van der Waals surface area contributed by atoms with Gasteiger partial charge in [-0.15, -0.1) is 10.2 Å². The zero-order chi connectivity index (χ0) is 22.8. The molecule has 0 saturated heterocycles. The first-order chi connectivity index (χ1) is 15.5. The number of halogens is 1. The van der Waals surface area contributed by atoms with Crippen LogP contribution in [-0.4, -0.2) is 34.4 Å². The first kappa shape index (κ1) is 24.0. The van der Waals surface area contributed by atoms with Gasteiger partial charge in [0.25, 0.3) is 5.91 Å². The van der Waals surface area contributed by atoms with E-state index in [9.17, 15) is 9.59 Å². The molecule has 7 nitrogen and oxygen atoms in total. The van der Waals surface area contributed by atoms with E-state index in [4.69, 9.17) is 16.3 Å². The molecule has 0 aliphatic rings. The van der Waals surface area contributed by atoms with Crippen LogP contribution in [0.2, 0.25) is 5.02 Å². The van der Waals surface area contributed by atoms with Crippen molar-refractivity contribution in [3.63, 3.8) is 0 Å². The maximum Gasteiger partial charge on any atom is 0.257 e. The summed E-state index contributed by atoms with van der Waals surface area (Å²) in [6, 6.07) is 14.3. The molecule has 2 amide bonds. The average Bonchev–Trinajstić information content (AvgIpc) is 3.25. The number of carbonyl (C=O) groups is 2. The lowest BCUT2D eigenvalue weighted by Crippen LogP contribution is -2.24. The van der Waals surface area contributed by atoms with Crippen LogP contribution >= 0.6 is 34.7 Å². The van der Waals surface area contributed by atoms with Crippen LogP contribution < -0.4 is 15.4 Å².